The van der Waals surface area contributed by atoms with E-state index in [1.165, 1.54) is 30.5 Å². The summed E-state index contributed by atoms with van der Waals surface area (Å²) in [4.78, 5) is 26.1. The summed E-state index contributed by atoms with van der Waals surface area (Å²) < 4.78 is 38.4. The highest BCUT2D eigenvalue weighted by atomic mass is 32.1. The molecule has 2 aromatic rings. The Morgan fingerprint density at radius 1 is 1.08 bits per heavy atom. The summed E-state index contributed by atoms with van der Waals surface area (Å²) in [6.45, 7) is 0. The first-order valence-electron chi connectivity index (χ1n) is 6.84. The van der Waals surface area contributed by atoms with Gasteiger partial charge in [-0.3, -0.25) is 14.5 Å². The summed E-state index contributed by atoms with van der Waals surface area (Å²) in [5, 5.41) is 4.43. The van der Waals surface area contributed by atoms with Crippen LogP contribution in [0.4, 0.5) is 18.9 Å². The van der Waals surface area contributed by atoms with Crippen molar-refractivity contribution in [2.75, 3.05) is 12.4 Å². The smallest absolute Gasteiger partial charge is 0.350 e. The van der Waals surface area contributed by atoms with Gasteiger partial charge in [0.05, 0.1) is 11.1 Å². The van der Waals surface area contributed by atoms with E-state index in [1.807, 2.05) is 0 Å². The van der Waals surface area contributed by atoms with Gasteiger partial charge in [0.15, 0.2) is 0 Å². The number of alkyl halides is 3. The number of imide groups is 1. The largest absolute Gasteiger partial charge is 0.416 e. The number of halogens is 3. The molecule has 0 aliphatic carbocycles. The average molecular weight is 352 g/mol. The van der Waals surface area contributed by atoms with Gasteiger partial charge in [0, 0.05) is 17.6 Å². The zero-order chi connectivity index (χ0) is 17.5. The normalized spacial score (nSPS) is 15.4. The fraction of sp³-hybridized carbons (Fsp3) is 0.125. The van der Waals surface area contributed by atoms with Crippen LogP contribution in [0.15, 0.2) is 47.5 Å². The molecule has 0 atom stereocenters. The van der Waals surface area contributed by atoms with Gasteiger partial charge in [-0.15, -0.1) is 11.3 Å². The van der Waals surface area contributed by atoms with Crippen molar-refractivity contribution in [2.45, 2.75) is 6.18 Å². The van der Waals surface area contributed by atoms with Gasteiger partial charge in [-0.2, -0.15) is 13.2 Å². The minimum absolute atomic E-state index is 0.0238. The van der Waals surface area contributed by atoms with Gasteiger partial charge in [-0.25, -0.2) is 0 Å². The molecule has 3 rings (SSSR count). The third-order valence-corrected chi connectivity index (χ3v) is 4.40. The molecule has 1 aromatic carbocycles. The van der Waals surface area contributed by atoms with Gasteiger partial charge >= 0.3 is 6.18 Å². The number of nitrogens with zero attached hydrogens (tertiary/aromatic N) is 1. The van der Waals surface area contributed by atoms with Crippen LogP contribution in [0.2, 0.25) is 0 Å². The Hall–Kier alpha value is -2.61. The zero-order valence-corrected chi connectivity index (χ0v) is 13.2. The Morgan fingerprint density at radius 3 is 2.46 bits per heavy atom. The van der Waals surface area contributed by atoms with E-state index >= 15 is 0 Å². The lowest BCUT2D eigenvalue weighted by molar-refractivity contribution is -0.137. The number of anilines is 1. The van der Waals surface area contributed by atoms with Crippen LogP contribution in [0.1, 0.15) is 10.4 Å². The monoisotopic (exact) mass is 352 g/mol. The number of rotatable bonds is 3. The molecule has 0 saturated heterocycles. The molecule has 2 amide bonds. The Morgan fingerprint density at radius 2 is 1.83 bits per heavy atom. The third-order valence-electron chi connectivity index (χ3n) is 3.51. The van der Waals surface area contributed by atoms with E-state index < -0.39 is 23.6 Å². The number of likely N-dealkylation sites (N-methyl/N-ethyl adjacent to an activating group) is 1. The Balaban J connectivity index is 2.03. The lowest BCUT2D eigenvalue weighted by atomic mass is 10.1. The van der Waals surface area contributed by atoms with Crippen LogP contribution in [0.5, 0.6) is 0 Å². The number of carbonyl (C=O) groups excluding carboxylic acids is 2. The van der Waals surface area contributed by atoms with Crippen LogP contribution < -0.4 is 5.32 Å². The van der Waals surface area contributed by atoms with Crippen LogP contribution >= 0.6 is 11.3 Å². The number of carbonyl (C=O) groups is 2. The Bertz CT molecular complexity index is 841. The first-order chi connectivity index (χ1) is 11.3. The van der Waals surface area contributed by atoms with E-state index in [-0.39, 0.29) is 17.0 Å². The predicted octanol–water partition coefficient (Wildman–Crippen LogP) is 3.59. The number of thiophene rings is 1. The molecule has 0 bridgehead atoms. The SMILES string of the molecule is CN1C(=O)C(Nc2cccc(C(F)(F)F)c2)=C(c2cccs2)C1=O. The van der Waals surface area contributed by atoms with Crippen LogP contribution in [0.3, 0.4) is 0 Å². The van der Waals surface area contributed by atoms with Gasteiger partial charge in [-0.1, -0.05) is 12.1 Å². The van der Waals surface area contributed by atoms with Crippen molar-refractivity contribution in [3.05, 3.63) is 57.9 Å². The molecular formula is C16H11F3N2O2S. The molecular weight excluding hydrogens is 341 g/mol. The number of hydrogen-bond acceptors (Lipinski definition) is 4. The quantitative estimate of drug-likeness (QED) is 0.859. The van der Waals surface area contributed by atoms with Gasteiger partial charge in [0.25, 0.3) is 11.8 Å². The van der Waals surface area contributed by atoms with Crippen molar-refractivity contribution in [1.29, 1.82) is 0 Å². The zero-order valence-electron chi connectivity index (χ0n) is 12.3. The van der Waals surface area contributed by atoms with E-state index in [9.17, 15) is 22.8 Å². The molecule has 0 unspecified atom stereocenters. The summed E-state index contributed by atoms with van der Waals surface area (Å²) >= 11 is 1.27. The lowest BCUT2D eigenvalue weighted by Crippen LogP contribution is -2.27. The molecule has 4 nitrogen and oxygen atoms in total. The van der Waals surface area contributed by atoms with Crippen molar-refractivity contribution in [2.24, 2.45) is 0 Å². The standard InChI is InChI=1S/C16H11F3N2O2S/c1-21-14(22)12(11-6-3-7-24-11)13(15(21)23)20-10-5-2-4-9(8-10)16(17,18)19/h2-8,20H,1H3. The van der Waals surface area contributed by atoms with Crippen LogP contribution in [0.25, 0.3) is 5.57 Å². The topological polar surface area (TPSA) is 49.4 Å². The Kier molecular flexibility index (Phi) is 3.92. The highest BCUT2D eigenvalue weighted by Gasteiger charge is 2.37. The summed E-state index contributed by atoms with van der Waals surface area (Å²) in [6, 6.07) is 7.89. The molecule has 2 heterocycles. The highest BCUT2D eigenvalue weighted by Crippen LogP contribution is 2.34. The minimum atomic E-state index is -4.49. The van der Waals surface area contributed by atoms with Gasteiger partial charge in [0.1, 0.15) is 5.70 Å². The van der Waals surface area contributed by atoms with E-state index in [2.05, 4.69) is 5.32 Å². The number of amides is 2. The van der Waals surface area contributed by atoms with Crippen molar-refractivity contribution in [3.8, 4) is 0 Å². The van der Waals surface area contributed by atoms with Gasteiger partial charge in [-0.05, 0) is 29.6 Å². The summed E-state index contributed by atoms with van der Waals surface area (Å²) in [5.41, 5.74) is -0.611. The maximum absolute atomic E-state index is 12.8. The van der Waals surface area contributed by atoms with Gasteiger partial charge < -0.3 is 5.32 Å². The second kappa shape index (κ2) is 5.79. The van der Waals surface area contributed by atoms with Crippen molar-refractivity contribution in [1.82, 2.24) is 4.90 Å². The molecule has 1 aliphatic rings. The molecule has 124 valence electrons. The van der Waals surface area contributed by atoms with Crippen LogP contribution in [0, 0.1) is 0 Å². The second-order valence-corrected chi connectivity index (χ2v) is 6.05. The molecule has 0 radical (unpaired) electrons. The number of benzene rings is 1. The third kappa shape index (κ3) is 2.80. The summed E-state index contributed by atoms with van der Waals surface area (Å²) in [6.07, 6.45) is -4.49. The maximum Gasteiger partial charge on any atom is 0.416 e. The number of nitrogens with one attached hydrogen (secondary N) is 1. The molecule has 1 N–H and O–H groups in total. The maximum atomic E-state index is 12.8. The first kappa shape index (κ1) is 16.3. The highest BCUT2D eigenvalue weighted by molar-refractivity contribution is 7.11. The van der Waals surface area contributed by atoms with E-state index in [0.29, 0.717) is 4.88 Å². The van der Waals surface area contributed by atoms with Crippen molar-refractivity contribution >= 4 is 34.4 Å². The van der Waals surface area contributed by atoms with Crippen molar-refractivity contribution < 1.29 is 22.8 Å². The van der Waals surface area contributed by atoms with E-state index in [1.54, 1.807) is 17.5 Å². The van der Waals surface area contributed by atoms with E-state index in [4.69, 9.17) is 0 Å². The minimum Gasteiger partial charge on any atom is -0.350 e. The lowest BCUT2D eigenvalue weighted by Gasteiger charge is -2.11. The first-order valence-corrected chi connectivity index (χ1v) is 7.72. The fourth-order valence-corrected chi connectivity index (χ4v) is 3.09. The predicted molar refractivity (Wildman–Crippen MR) is 84.1 cm³/mol. The average Bonchev–Trinajstić information content (AvgIpc) is 3.12. The second-order valence-electron chi connectivity index (χ2n) is 5.10. The van der Waals surface area contributed by atoms with Gasteiger partial charge in [0.2, 0.25) is 0 Å². The van der Waals surface area contributed by atoms with Crippen LogP contribution in [-0.2, 0) is 15.8 Å². The fourth-order valence-electron chi connectivity index (χ4n) is 2.32. The molecule has 8 heteroatoms. The molecule has 0 spiro atoms. The molecule has 24 heavy (non-hydrogen) atoms. The van der Waals surface area contributed by atoms with Crippen LogP contribution in [-0.4, -0.2) is 23.8 Å². The summed E-state index contributed by atoms with van der Waals surface area (Å²) in [5.74, 6) is -1.07. The molecule has 0 saturated carbocycles. The molecule has 0 fully saturated rings. The molecule has 1 aromatic heterocycles. The van der Waals surface area contributed by atoms with E-state index in [0.717, 1.165) is 17.0 Å². The summed E-state index contributed by atoms with van der Waals surface area (Å²) in [7, 11) is 1.33. The molecule has 1 aliphatic heterocycles. The Labute approximate surface area is 139 Å². The van der Waals surface area contributed by atoms with Crippen molar-refractivity contribution in [3.63, 3.8) is 0 Å². The number of hydrogen-bond donors (Lipinski definition) is 1.